The zero-order valence-electron chi connectivity index (χ0n) is 11.0. The number of methoxy groups -OCH3 is 1. The van der Waals surface area contributed by atoms with Gasteiger partial charge in [0.05, 0.1) is 13.2 Å². The SMILES string of the molecule is CCC(C)(CO)NCc1ccccc1COC. The van der Waals surface area contributed by atoms with Crippen LogP contribution in [0.1, 0.15) is 31.4 Å². The fourth-order valence-electron chi connectivity index (χ4n) is 1.63. The van der Waals surface area contributed by atoms with E-state index in [4.69, 9.17) is 4.74 Å². The first-order chi connectivity index (χ1) is 8.15. The van der Waals surface area contributed by atoms with Gasteiger partial charge >= 0.3 is 0 Å². The van der Waals surface area contributed by atoms with Crippen LogP contribution in [-0.4, -0.2) is 24.4 Å². The van der Waals surface area contributed by atoms with Gasteiger partial charge in [-0.15, -0.1) is 0 Å². The Morgan fingerprint density at radius 1 is 1.29 bits per heavy atom. The lowest BCUT2D eigenvalue weighted by Gasteiger charge is -2.27. The average Bonchev–Trinajstić information content (AvgIpc) is 2.38. The molecule has 1 rings (SSSR count). The molecule has 0 aliphatic heterocycles. The molecule has 0 heterocycles. The molecule has 0 bridgehead atoms. The minimum absolute atomic E-state index is 0.149. The summed E-state index contributed by atoms with van der Waals surface area (Å²) in [4.78, 5) is 0. The lowest BCUT2D eigenvalue weighted by Crippen LogP contribution is -2.44. The molecule has 0 saturated heterocycles. The second-order valence-electron chi connectivity index (χ2n) is 4.63. The van der Waals surface area contributed by atoms with E-state index in [0.29, 0.717) is 6.61 Å². The first-order valence-corrected chi connectivity index (χ1v) is 6.07. The van der Waals surface area contributed by atoms with E-state index in [0.717, 1.165) is 13.0 Å². The maximum Gasteiger partial charge on any atom is 0.0716 e. The normalized spacial score (nSPS) is 14.6. The van der Waals surface area contributed by atoms with Crippen molar-refractivity contribution < 1.29 is 9.84 Å². The van der Waals surface area contributed by atoms with E-state index < -0.39 is 0 Å². The molecule has 1 atom stereocenters. The molecule has 0 radical (unpaired) electrons. The van der Waals surface area contributed by atoms with Crippen molar-refractivity contribution in [3.63, 3.8) is 0 Å². The van der Waals surface area contributed by atoms with E-state index in [1.807, 2.05) is 19.1 Å². The summed E-state index contributed by atoms with van der Waals surface area (Å²) in [6, 6.07) is 8.21. The molecule has 0 fully saturated rings. The Hall–Kier alpha value is -0.900. The zero-order chi connectivity index (χ0) is 12.7. The van der Waals surface area contributed by atoms with Crippen LogP contribution in [0.2, 0.25) is 0 Å². The van der Waals surface area contributed by atoms with Gasteiger partial charge in [0, 0.05) is 19.2 Å². The number of nitrogens with one attached hydrogen (secondary N) is 1. The first kappa shape index (κ1) is 14.2. The minimum atomic E-state index is -0.208. The predicted molar refractivity (Wildman–Crippen MR) is 69.8 cm³/mol. The molecule has 0 aliphatic rings. The molecule has 1 aromatic carbocycles. The lowest BCUT2D eigenvalue weighted by atomic mass is 9.99. The number of ether oxygens (including phenoxy) is 1. The second-order valence-corrected chi connectivity index (χ2v) is 4.63. The molecule has 1 aromatic rings. The fourth-order valence-corrected chi connectivity index (χ4v) is 1.63. The molecule has 1 unspecified atom stereocenters. The van der Waals surface area contributed by atoms with Crippen LogP contribution in [-0.2, 0) is 17.9 Å². The van der Waals surface area contributed by atoms with Crippen molar-refractivity contribution in [1.29, 1.82) is 0 Å². The molecular weight excluding hydrogens is 214 g/mol. The minimum Gasteiger partial charge on any atom is -0.394 e. The number of hydrogen-bond acceptors (Lipinski definition) is 3. The van der Waals surface area contributed by atoms with E-state index >= 15 is 0 Å². The molecule has 2 N–H and O–H groups in total. The highest BCUT2D eigenvalue weighted by Crippen LogP contribution is 2.13. The second kappa shape index (κ2) is 6.74. The van der Waals surface area contributed by atoms with Gasteiger partial charge in [0.1, 0.15) is 0 Å². The van der Waals surface area contributed by atoms with Gasteiger partial charge in [-0.3, -0.25) is 0 Å². The van der Waals surface area contributed by atoms with Crippen molar-refractivity contribution in [3.8, 4) is 0 Å². The van der Waals surface area contributed by atoms with Crippen molar-refractivity contribution in [2.24, 2.45) is 0 Å². The van der Waals surface area contributed by atoms with Crippen LogP contribution in [0.4, 0.5) is 0 Å². The van der Waals surface area contributed by atoms with Crippen LogP contribution in [0.3, 0.4) is 0 Å². The monoisotopic (exact) mass is 237 g/mol. The van der Waals surface area contributed by atoms with Crippen molar-refractivity contribution in [2.45, 2.75) is 39.0 Å². The number of benzene rings is 1. The Morgan fingerprint density at radius 3 is 2.47 bits per heavy atom. The fraction of sp³-hybridized carbons (Fsp3) is 0.571. The molecule has 0 aromatic heterocycles. The van der Waals surface area contributed by atoms with Gasteiger partial charge in [0.2, 0.25) is 0 Å². The molecular formula is C14H23NO2. The van der Waals surface area contributed by atoms with Crippen LogP contribution in [0.15, 0.2) is 24.3 Å². The molecule has 0 saturated carbocycles. The molecule has 96 valence electrons. The van der Waals surface area contributed by atoms with Crippen molar-refractivity contribution >= 4 is 0 Å². The third kappa shape index (κ3) is 4.11. The maximum absolute atomic E-state index is 9.35. The Labute approximate surface area is 104 Å². The topological polar surface area (TPSA) is 41.5 Å². The van der Waals surface area contributed by atoms with Crippen molar-refractivity contribution in [3.05, 3.63) is 35.4 Å². The quantitative estimate of drug-likeness (QED) is 0.763. The number of aliphatic hydroxyl groups is 1. The average molecular weight is 237 g/mol. The summed E-state index contributed by atoms with van der Waals surface area (Å²) in [5.41, 5.74) is 2.21. The van der Waals surface area contributed by atoms with Gasteiger partial charge in [-0.05, 0) is 24.5 Å². The van der Waals surface area contributed by atoms with Crippen LogP contribution >= 0.6 is 0 Å². The zero-order valence-corrected chi connectivity index (χ0v) is 11.0. The first-order valence-electron chi connectivity index (χ1n) is 6.07. The third-order valence-electron chi connectivity index (χ3n) is 3.25. The van der Waals surface area contributed by atoms with Gasteiger partial charge in [0.15, 0.2) is 0 Å². The Bertz CT molecular complexity index is 335. The maximum atomic E-state index is 9.35. The van der Waals surface area contributed by atoms with Crippen LogP contribution < -0.4 is 5.32 Å². The molecule has 0 aliphatic carbocycles. The van der Waals surface area contributed by atoms with Gasteiger partial charge in [-0.1, -0.05) is 31.2 Å². The molecule has 3 nitrogen and oxygen atoms in total. The number of rotatable bonds is 7. The highest BCUT2D eigenvalue weighted by Gasteiger charge is 2.19. The molecule has 3 heteroatoms. The summed E-state index contributed by atoms with van der Waals surface area (Å²) in [6.45, 7) is 5.64. The third-order valence-corrected chi connectivity index (χ3v) is 3.25. The molecule has 0 spiro atoms. The van der Waals surface area contributed by atoms with E-state index in [1.54, 1.807) is 7.11 Å². The van der Waals surface area contributed by atoms with Gasteiger partial charge < -0.3 is 15.2 Å². The molecule has 17 heavy (non-hydrogen) atoms. The smallest absolute Gasteiger partial charge is 0.0716 e. The summed E-state index contributed by atoms with van der Waals surface area (Å²) in [6.07, 6.45) is 0.899. The van der Waals surface area contributed by atoms with E-state index in [1.165, 1.54) is 11.1 Å². The van der Waals surface area contributed by atoms with Crippen molar-refractivity contribution in [2.75, 3.05) is 13.7 Å². The van der Waals surface area contributed by atoms with E-state index in [2.05, 4.69) is 24.4 Å². The van der Waals surface area contributed by atoms with Gasteiger partial charge in [0.25, 0.3) is 0 Å². The largest absolute Gasteiger partial charge is 0.394 e. The van der Waals surface area contributed by atoms with Crippen LogP contribution in [0.25, 0.3) is 0 Å². The molecule has 0 amide bonds. The number of aliphatic hydroxyl groups excluding tert-OH is 1. The summed E-state index contributed by atoms with van der Waals surface area (Å²) in [7, 11) is 1.70. The summed E-state index contributed by atoms with van der Waals surface area (Å²) in [5, 5.41) is 12.8. The Kier molecular flexibility index (Phi) is 5.62. The van der Waals surface area contributed by atoms with Crippen molar-refractivity contribution in [1.82, 2.24) is 5.32 Å². The van der Waals surface area contributed by atoms with Crippen LogP contribution in [0, 0.1) is 0 Å². The summed E-state index contributed by atoms with van der Waals surface area (Å²) < 4.78 is 5.18. The predicted octanol–water partition coefficient (Wildman–Crippen LogP) is 2.08. The van der Waals surface area contributed by atoms with Gasteiger partial charge in [-0.2, -0.15) is 0 Å². The summed E-state index contributed by atoms with van der Waals surface area (Å²) in [5.74, 6) is 0. The van der Waals surface area contributed by atoms with Gasteiger partial charge in [-0.25, -0.2) is 0 Å². The Balaban J connectivity index is 2.68. The number of hydrogen-bond donors (Lipinski definition) is 2. The van der Waals surface area contributed by atoms with Crippen LogP contribution in [0.5, 0.6) is 0 Å². The standard InChI is InChI=1S/C14H23NO2/c1-4-14(2,11-16)15-9-12-7-5-6-8-13(12)10-17-3/h5-8,15-16H,4,9-11H2,1-3H3. The highest BCUT2D eigenvalue weighted by molar-refractivity contribution is 5.26. The summed E-state index contributed by atoms with van der Waals surface area (Å²) >= 11 is 0. The lowest BCUT2D eigenvalue weighted by molar-refractivity contribution is 0.167. The Morgan fingerprint density at radius 2 is 1.94 bits per heavy atom. The van der Waals surface area contributed by atoms with E-state index in [-0.39, 0.29) is 12.1 Å². The van der Waals surface area contributed by atoms with E-state index in [9.17, 15) is 5.11 Å². The highest BCUT2D eigenvalue weighted by atomic mass is 16.5.